The van der Waals surface area contributed by atoms with Crippen LogP contribution in [0.2, 0.25) is 0 Å². The first-order chi connectivity index (χ1) is 11.8. The van der Waals surface area contributed by atoms with Crippen molar-refractivity contribution in [3.8, 4) is 0 Å². The molecule has 0 aromatic carbocycles. The van der Waals surface area contributed by atoms with Crippen molar-refractivity contribution in [3.05, 3.63) is 28.2 Å². The van der Waals surface area contributed by atoms with E-state index in [9.17, 15) is 24.3 Å². The Kier molecular flexibility index (Phi) is 5.58. The first-order valence-corrected chi connectivity index (χ1v) is 8.27. The SMILES string of the molecule is COC(=O)c1c(NC(=O)[C@H]2CC=CC[C@@H]2C(=O)[O-])sc(C(N)=O)c1C. The molecule has 2 rings (SSSR count). The Morgan fingerprint density at radius 3 is 2.36 bits per heavy atom. The number of carboxylic acids is 1. The van der Waals surface area contributed by atoms with E-state index in [1.54, 1.807) is 12.2 Å². The highest BCUT2D eigenvalue weighted by atomic mass is 32.1. The molecule has 0 bridgehead atoms. The molecular weight excluding hydrogens is 348 g/mol. The first-order valence-electron chi connectivity index (χ1n) is 7.46. The van der Waals surface area contributed by atoms with Crippen molar-refractivity contribution in [2.75, 3.05) is 12.4 Å². The molecule has 1 aliphatic rings. The minimum Gasteiger partial charge on any atom is -0.550 e. The van der Waals surface area contributed by atoms with Crippen LogP contribution in [0.4, 0.5) is 5.00 Å². The molecule has 3 N–H and O–H groups in total. The van der Waals surface area contributed by atoms with E-state index in [-0.39, 0.29) is 28.3 Å². The first kappa shape index (κ1) is 18.7. The van der Waals surface area contributed by atoms with Gasteiger partial charge in [-0.05, 0) is 25.3 Å². The monoisotopic (exact) mass is 365 g/mol. The van der Waals surface area contributed by atoms with Gasteiger partial charge in [-0.1, -0.05) is 12.2 Å². The number of aliphatic carboxylic acids is 1. The summed E-state index contributed by atoms with van der Waals surface area (Å²) < 4.78 is 4.69. The Morgan fingerprint density at radius 1 is 1.24 bits per heavy atom. The smallest absolute Gasteiger partial charge is 0.341 e. The third-order valence-corrected chi connectivity index (χ3v) is 5.29. The van der Waals surface area contributed by atoms with Crippen LogP contribution in [0.15, 0.2) is 12.2 Å². The Hall–Kier alpha value is -2.68. The van der Waals surface area contributed by atoms with Crippen molar-refractivity contribution in [2.24, 2.45) is 17.6 Å². The van der Waals surface area contributed by atoms with E-state index < -0.39 is 35.6 Å². The molecule has 0 spiro atoms. The molecule has 0 fully saturated rings. The topological polar surface area (TPSA) is 139 Å². The van der Waals surface area contributed by atoms with E-state index in [1.807, 2.05) is 0 Å². The predicted molar refractivity (Wildman–Crippen MR) is 87.9 cm³/mol. The number of anilines is 1. The highest BCUT2D eigenvalue weighted by Gasteiger charge is 2.32. The molecule has 0 unspecified atom stereocenters. The van der Waals surface area contributed by atoms with Crippen molar-refractivity contribution in [1.29, 1.82) is 0 Å². The number of ether oxygens (including phenoxy) is 1. The summed E-state index contributed by atoms with van der Waals surface area (Å²) in [6.45, 7) is 1.52. The van der Waals surface area contributed by atoms with E-state index in [0.717, 1.165) is 11.3 Å². The quantitative estimate of drug-likeness (QED) is 0.565. The van der Waals surface area contributed by atoms with Gasteiger partial charge in [0.15, 0.2) is 0 Å². The lowest BCUT2D eigenvalue weighted by Crippen LogP contribution is -2.41. The number of hydrogen-bond donors (Lipinski definition) is 2. The number of hydrogen-bond acceptors (Lipinski definition) is 7. The molecule has 2 atom stereocenters. The number of nitrogens with one attached hydrogen (secondary N) is 1. The van der Waals surface area contributed by atoms with Gasteiger partial charge in [-0.2, -0.15) is 0 Å². The van der Waals surface area contributed by atoms with Crippen LogP contribution in [-0.4, -0.2) is 30.9 Å². The molecule has 0 aliphatic heterocycles. The molecule has 0 saturated carbocycles. The third kappa shape index (κ3) is 3.71. The lowest BCUT2D eigenvalue weighted by atomic mass is 9.82. The molecule has 134 valence electrons. The van der Waals surface area contributed by atoms with Gasteiger partial charge >= 0.3 is 5.97 Å². The zero-order valence-electron chi connectivity index (χ0n) is 13.7. The van der Waals surface area contributed by atoms with Crippen molar-refractivity contribution in [1.82, 2.24) is 0 Å². The van der Waals surface area contributed by atoms with Gasteiger partial charge in [0.1, 0.15) is 5.00 Å². The molecule has 1 aromatic rings. The summed E-state index contributed by atoms with van der Waals surface area (Å²) in [6, 6.07) is 0. The maximum atomic E-state index is 12.5. The van der Waals surface area contributed by atoms with Gasteiger partial charge in [0.2, 0.25) is 5.91 Å². The Bertz CT molecular complexity index is 767. The summed E-state index contributed by atoms with van der Waals surface area (Å²) in [7, 11) is 1.17. The molecule has 0 saturated heterocycles. The van der Waals surface area contributed by atoms with Crippen LogP contribution in [0.5, 0.6) is 0 Å². The van der Waals surface area contributed by atoms with E-state index in [2.05, 4.69) is 10.1 Å². The molecule has 1 aliphatic carbocycles. The largest absolute Gasteiger partial charge is 0.550 e. The molecular formula is C16H17N2O6S-. The van der Waals surface area contributed by atoms with Crippen LogP contribution in [0.25, 0.3) is 0 Å². The molecule has 1 aromatic heterocycles. The van der Waals surface area contributed by atoms with Gasteiger partial charge in [-0.3, -0.25) is 9.59 Å². The molecule has 9 heteroatoms. The molecule has 2 amide bonds. The summed E-state index contributed by atoms with van der Waals surface area (Å²) in [6.07, 6.45) is 3.84. The fourth-order valence-corrected chi connectivity index (χ4v) is 3.80. The highest BCUT2D eigenvalue weighted by molar-refractivity contribution is 7.18. The van der Waals surface area contributed by atoms with Gasteiger partial charge in [0.25, 0.3) is 5.91 Å². The second kappa shape index (κ2) is 7.47. The van der Waals surface area contributed by atoms with Crippen LogP contribution in [0, 0.1) is 18.8 Å². The Morgan fingerprint density at radius 2 is 1.84 bits per heavy atom. The fraction of sp³-hybridized carbons (Fsp3) is 0.375. The minimum atomic E-state index is -1.31. The van der Waals surface area contributed by atoms with Gasteiger partial charge < -0.3 is 25.7 Å². The Labute approximate surface area is 147 Å². The highest BCUT2D eigenvalue weighted by Crippen LogP contribution is 2.35. The van der Waals surface area contributed by atoms with Crippen molar-refractivity contribution >= 4 is 40.1 Å². The number of primary amides is 1. The number of thiophene rings is 1. The van der Waals surface area contributed by atoms with Crippen LogP contribution in [0.1, 0.15) is 38.4 Å². The molecule has 8 nitrogen and oxygen atoms in total. The van der Waals surface area contributed by atoms with Gasteiger partial charge in [0, 0.05) is 11.9 Å². The summed E-state index contributed by atoms with van der Waals surface area (Å²) in [5, 5.41) is 13.9. The number of nitrogens with two attached hydrogens (primary N) is 1. The number of allylic oxidation sites excluding steroid dienone is 2. The summed E-state index contributed by atoms with van der Waals surface area (Å²) in [5.74, 6) is -5.13. The van der Waals surface area contributed by atoms with Crippen molar-refractivity contribution in [3.63, 3.8) is 0 Å². The number of amides is 2. The van der Waals surface area contributed by atoms with E-state index in [4.69, 9.17) is 5.73 Å². The maximum Gasteiger partial charge on any atom is 0.341 e. The van der Waals surface area contributed by atoms with E-state index in [1.165, 1.54) is 14.0 Å². The number of rotatable bonds is 5. The fourth-order valence-electron chi connectivity index (χ4n) is 2.75. The normalized spacial score (nSPS) is 19.3. The number of carboxylic acid groups (broad SMARTS) is 1. The van der Waals surface area contributed by atoms with Crippen LogP contribution < -0.4 is 16.2 Å². The maximum absolute atomic E-state index is 12.5. The zero-order valence-corrected chi connectivity index (χ0v) is 14.5. The second-order valence-electron chi connectivity index (χ2n) is 5.58. The number of carbonyl (C=O) groups is 4. The van der Waals surface area contributed by atoms with E-state index in [0.29, 0.717) is 5.56 Å². The molecule has 0 radical (unpaired) electrons. The zero-order chi connectivity index (χ0) is 18.7. The second-order valence-corrected chi connectivity index (χ2v) is 6.60. The number of methoxy groups -OCH3 is 1. The minimum absolute atomic E-state index is 0.0333. The van der Waals surface area contributed by atoms with Crippen LogP contribution in [-0.2, 0) is 14.3 Å². The number of esters is 1. The van der Waals surface area contributed by atoms with Crippen molar-refractivity contribution in [2.45, 2.75) is 19.8 Å². The van der Waals surface area contributed by atoms with Gasteiger partial charge in [0.05, 0.1) is 23.5 Å². The molecule has 25 heavy (non-hydrogen) atoms. The standard InChI is InChI=1S/C16H18N2O6S/c1-7-10(16(23)24-2)14(25-11(7)12(17)19)18-13(20)8-5-3-4-6-9(8)15(21)22/h3-4,8-9H,5-6H2,1-2H3,(H2,17,19)(H,18,20)(H,21,22)/p-1/t8-,9-/m0/s1. The Balaban J connectivity index is 2.35. The van der Waals surface area contributed by atoms with Crippen LogP contribution in [0.3, 0.4) is 0 Å². The predicted octanol–water partition coefficient (Wildman–Crippen LogP) is 0.213. The lowest BCUT2D eigenvalue weighted by Gasteiger charge is -2.28. The summed E-state index contributed by atoms with van der Waals surface area (Å²) in [5.41, 5.74) is 5.62. The van der Waals surface area contributed by atoms with E-state index >= 15 is 0 Å². The number of carbonyl (C=O) groups excluding carboxylic acids is 4. The lowest BCUT2D eigenvalue weighted by molar-refractivity contribution is -0.313. The average Bonchev–Trinajstić information content (AvgIpc) is 2.90. The van der Waals surface area contributed by atoms with Crippen LogP contribution >= 0.6 is 11.3 Å². The third-order valence-electron chi connectivity index (χ3n) is 4.07. The summed E-state index contributed by atoms with van der Waals surface area (Å²) in [4.78, 5) is 47.4. The van der Waals surface area contributed by atoms with Crippen molar-refractivity contribution < 1.29 is 29.0 Å². The average molecular weight is 365 g/mol. The molecule has 1 heterocycles. The van der Waals surface area contributed by atoms with Gasteiger partial charge in [-0.25, -0.2) is 4.79 Å². The summed E-state index contributed by atoms with van der Waals surface area (Å²) >= 11 is 0.851. The van der Waals surface area contributed by atoms with Gasteiger partial charge in [-0.15, -0.1) is 11.3 Å².